The van der Waals surface area contributed by atoms with Gasteiger partial charge in [-0.1, -0.05) is 91.8 Å². The minimum absolute atomic E-state index is 0.00255. The average molecular weight is 675 g/mol. The Labute approximate surface area is 302 Å². The Bertz CT molecular complexity index is 2410. The van der Waals surface area contributed by atoms with Crippen LogP contribution < -0.4 is 4.74 Å². The molecule has 3 heterocycles. The zero-order valence-electron chi connectivity index (χ0n) is 32.0. The van der Waals surface area contributed by atoms with Gasteiger partial charge in [-0.15, -0.1) is 0 Å². The third kappa shape index (κ3) is 6.24. The summed E-state index contributed by atoms with van der Waals surface area (Å²) in [6.07, 6.45) is 1.92. The van der Waals surface area contributed by atoms with Gasteiger partial charge in [-0.25, -0.2) is 9.67 Å². The first-order chi connectivity index (χ1) is 24.1. The van der Waals surface area contributed by atoms with E-state index >= 15 is 0 Å². The van der Waals surface area contributed by atoms with Gasteiger partial charge in [0, 0.05) is 34.7 Å². The van der Waals surface area contributed by atoms with E-state index in [1.54, 1.807) is 0 Å². The van der Waals surface area contributed by atoms with Gasteiger partial charge in [0.1, 0.15) is 17.3 Å². The molecule has 0 aliphatic rings. The minimum atomic E-state index is -0.107. The Hall–Kier alpha value is -5.16. The van der Waals surface area contributed by atoms with Crippen LogP contribution in [0, 0.1) is 20.8 Å². The minimum Gasteiger partial charge on any atom is -0.457 e. The van der Waals surface area contributed by atoms with Gasteiger partial charge in [0.05, 0.1) is 28.1 Å². The van der Waals surface area contributed by atoms with Crippen molar-refractivity contribution in [3.63, 3.8) is 0 Å². The highest BCUT2D eigenvalue weighted by Crippen LogP contribution is 2.40. The van der Waals surface area contributed by atoms with Crippen molar-refractivity contribution in [1.82, 2.24) is 19.3 Å². The first-order valence-electron chi connectivity index (χ1n) is 18.1. The van der Waals surface area contributed by atoms with Crippen molar-refractivity contribution in [3.8, 4) is 34.1 Å². The predicted octanol–water partition coefficient (Wildman–Crippen LogP) is 12.5. The van der Waals surface area contributed by atoms with E-state index in [-0.39, 0.29) is 16.7 Å². The number of aryl methyl sites for hydroxylation is 3. The van der Waals surface area contributed by atoms with E-state index in [9.17, 15) is 0 Å². The highest BCUT2D eigenvalue weighted by atomic mass is 16.5. The van der Waals surface area contributed by atoms with Gasteiger partial charge in [0.15, 0.2) is 0 Å². The maximum absolute atomic E-state index is 6.83. The molecular weight excluding hydrogens is 625 g/mol. The van der Waals surface area contributed by atoms with Crippen molar-refractivity contribution < 1.29 is 4.74 Å². The van der Waals surface area contributed by atoms with Crippen LogP contribution in [-0.2, 0) is 10.8 Å². The van der Waals surface area contributed by atoms with Gasteiger partial charge in [-0.2, -0.15) is 5.10 Å². The summed E-state index contributed by atoms with van der Waals surface area (Å²) < 4.78 is 11.2. The molecule has 0 bridgehead atoms. The van der Waals surface area contributed by atoms with Crippen molar-refractivity contribution >= 4 is 21.8 Å². The molecule has 0 spiro atoms. The molecule has 5 nitrogen and oxygen atoms in total. The second-order valence-electron chi connectivity index (χ2n) is 16.4. The smallest absolute Gasteiger partial charge is 0.137 e. The second kappa shape index (κ2) is 12.6. The lowest BCUT2D eigenvalue weighted by molar-refractivity contribution is 0.478. The number of benzene rings is 4. The molecule has 51 heavy (non-hydrogen) atoms. The summed E-state index contributed by atoms with van der Waals surface area (Å²) in [5.74, 6) is 2.70. The molecule has 7 rings (SSSR count). The number of aromatic nitrogens is 4. The molecule has 0 radical (unpaired) electrons. The zero-order valence-corrected chi connectivity index (χ0v) is 32.0. The fraction of sp³-hybridized carbons (Fsp3) is 0.304. The normalized spacial score (nSPS) is 12.4. The topological polar surface area (TPSA) is 44.9 Å². The molecule has 0 amide bonds. The number of rotatable bonds is 6. The Morgan fingerprint density at radius 2 is 1.31 bits per heavy atom. The molecule has 0 unspecified atom stereocenters. The molecule has 0 atom stereocenters. The molecule has 0 saturated heterocycles. The predicted molar refractivity (Wildman–Crippen MR) is 213 cm³/mol. The summed E-state index contributed by atoms with van der Waals surface area (Å²) in [6.45, 7) is 24.5. The third-order valence-corrected chi connectivity index (χ3v) is 10.1. The second-order valence-corrected chi connectivity index (χ2v) is 16.4. The molecule has 0 fully saturated rings. The van der Waals surface area contributed by atoms with Crippen LogP contribution in [0.1, 0.15) is 94.9 Å². The average Bonchev–Trinajstić information content (AvgIpc) is 3.58. The summed E-state index contributed by atoms with van der Waals surface area (Å²) in [4.78, 5) is 4.87. The summed E-state index contributed by atoms with van der Waals surface area (Å²) in [7, 11) is 0. The Morgan fingerprint density at radius 1 is 0.627 bits per heavy atom. The summed E-state index contributed by atoms with van der Waals surface area (Å²) >= 11 is 0. The molecule has 0 saturated carbocycles. The van der Waals surface area contributed by atoms with E-state index in [1.807, 2.05) is 6.20 Å². The van der Waals surface area contributed by atoms with Crippen LogP contribution in [0.25, 0.3) is 44.4 Å². The quantitative estimate of drug-likeness (QED) is 0.176. The SMILES string of the molecule is Cc1cccc(C)c1-c1c(C)nn(-c2cc(Oc3ccc4c5ccccc5n(-c5cc(C(C)(C)C)ccn5)c4c3)cc(C(C)(C)C)c2)c1C(C)C. The Morgan fingerprint density at radius 3 is 2.00 bits per heavy atom. The fourth-order valence-corrected chi connectivity index (χ4v) is 7.39. The van der Waals surface area contributed by atoms with Crippen molar-refractivity contribution in [3.05, 3.63) is 131 Å². The first-order valence-corrected chi connectivity index (χ1v) is 18.1. The number of hydrogen-bond donors (Lipinski definition) is 0. The van der Waals surface area contributed by atoms with Crippen molar-refractivity contribution in [2.24, 2.45) is 0 Å². The molecule has 5 heteroatoms. The lowest BCUT2D eigenvalue weighted by atomic mass is 9.86. The number of nitrogens with zero attached hydrogens (tertiary/aromatic N) is 4. The van der Waals surface area contributed by atoms with Crippen LogP contribution in [0.15, 0.2) is 97.2 Å². The van der Waals surface area contributed by atoms with E-state index < -0.39 is 0 Å². The van der Waals surface area contributed by atoms with Gasteiger partial charge >= 0.3 is 0 Å². The van der Waals surface area contributed by atoms with Gasteiger partial charge in [-0.3, -0.25) is 4.57 Å². The Kier molecular flexibility index (Phi) is 8.45. The largest absolute Gasteiger partial charge is 0.457 e. The van der Waals surface area contributed by atoms with Crippen LogP contribution in [-0.4, -0.2) is 19.3 Å². The van der Waals surface area contributed by atoms with E-state index in [0.717, 1.165) is 45.1 Å². The first kappa shape index (κ1) is 34.3. The summed E-state index contributed by atoms with van der Waals surface area (Å²) in [6, 6.07) is 32.4. The maximum atomic E-state index is 6.83. The zero-order chi connectivity index (χ0) is 36.4. The number of pyridine rings is 1. The molecule has 7 aromatic rings. The molecule has 260 valence electrons. The van der Waals surface area contributed by atoms with Gasteiger partial charge in [0.25, 0.3) is 0 Å². The third-order valence-electron chi connectivity index (χ3n) is 10.1. The molecule has 0 aliphatic carbocycles. The van der Waals surface area contributed by atoms with Crippen LogP contribution in [0.3, 0.4) is 0 Å². The fourth-order valence-electron chi connectivity index (χ4n) is 7.39. The monoisotopic (exact) mass is 674 g/mol. The number of ether oxygens (including phenoxy) is 1. The van der Waals surface area contributed by atoms with Gasteiger partial charge < -0.3 is 4.74 Å². The number of para-hydroxylation sites is 1. The maximum Gasteiger partial charge on any atom is 0.137 e. The van der Waals surface area contributed by atoms with Gasteiger partial charge in [0.2, 0.25) is 0 Å². The molecule has 3 aromatic heterocycles. The van der Waals surface area contributed by atoms with E-state index in [2.05, 4.69) is 176 Å². The van der Waals surface area contributed by atoms with E-state index in [1.165, 1.54) is 44.5 Å². The van der Waals surface area contributed by atoms with Crippen LogP contribution in [0.2, 0.25) is 0 Å². The van der Waals surface area contributed by atoms with Crippen molar-refractivity contribution in [2.75, 3.05) is 0 Å². The highest BCUT2D eigenvalue weighted by Gasteiger charge is 2.25. The van der Waals surface area contributed by atoms with Gasteiger partial charge in [-0.05, 0) is 108 Å². The highest BCUT2D eigenvalue weighted by molar-refractivity contribution is 6.09. The van der Waals surface area contributed by atoms with Crippen LogP contribution >= 0.6 is 0 Å². The molecule has 0 aliphatic heterocycles. The van der Waals surface area contributed by atoms with Crippen molar-refractivity contribution in [1.29, 1.82) is 0 Å². The summed E-state index contributed by atoms with van der Waals surface area (Å²) in [5.41, 5.74) is 12.8. The van der Waals surface area contributed by atoms with E-state index in [4.69, 9.17) is 14.8 Å². The van der Waals surface area contributed by atoms with Crippen molar-refractivity contribution in [2.45, 2.75) is 92.9 Å². The summed E-state index contributed by atoms with van der Waals surface area (Å²) in [5, 5.41) is 7.57. The molecule has 0 N–H and O–H groups in total. The van der Waals surface area contributed by atoms with E-state index in [0.29, 0.717) is 0 Å². The molecular formula is C46H50N4O. The van der Waals surface area contributed by atoms with Crippen LogP contribution in [0.4, 0.5) is 0 Å². The number of fused-ring (bicyclic) bond motifs is 3. The molecule has 4 aromatic carbocycles. The number of hydrogen-bond acceptors (Lipinski definition) is 3. The lowest BCUT2D eigenvalue weighted by Crippen LogP contribution is -2.13. The van der Waals surface area contributed by atoms with Crippen LogP contribution in [0.5, 0.6) is 11.5 Å². The standard InChI is InChI=1S/C46H50N4O/c1-28(2)44-43(42-29(3)15-14-16-30(42)4)31(5)48-50(44)34-23-33(46(9,10)11)24-36(26-34)51-35-19-20-38-37-17-12-13-18-39(37)49(40(38)27-35)41-25-32(21-22-47-41)45(6,7)8/h12-28H,1-11H3. The Balaban J connectivity index is 1.39. The lowest BCUT2D eigenvalue weighted by Gasteiger charge is -2.22.